The van der Waals surface area contributed by atoms with Gasteiger partial charge in [0.15, 0.2) is 0 Å². The van der Waals surface area contributed by atoms with Gasteiger partial charge < -0.3 is 9.67 Å². The van der Waals surface area contributed by atoms with Crippen LogP contribution in [0.1, 0.15) is 6.92 Å². The van der Waals surface area contributed by atoms with Crippen LogP contribution in [0.15, 0.2) is 0 Å². The second-order valence-electron chi connectivity index (χ2n) is 1.82. The Morgan fingerprint density at radius 2 is 1.89 bits per heavy atom. The molecule has 0 rings (SSSR count). The Kier molecular flexibility index (Phi) is 4.15. The van der Waals surface area contributed by atoms with E-state index in [0.29, 0.717) is 0 Å². The molecule has 0 spiro atoms. The van der Waals surface area contributed by atoms with Crippen molar-refractivity contribution in [1.29, 1.82) is 0 Å². The highest BCUT2D eigenvalue weighted by molar-refractivity contribution is 7.67. The van der Waals surface area contributed by atoms with E-state index in [1.54, 1.807) is 0 Å². The normalized spacial score (nSPS) is 15.6. The quantitative estimate of drug-likeness (QED) is 0.547. The lowest BCUT2D eigenvalue weighted by Crippen LogP contribution is -2.03. The fourth-order valence-electron chi connectivity index (χ4n) is 0.232. The molecule has 0 aliphatic carbocycles. The lowest BCUT2D eigenvalue weighted by molar-refractivity contribution is 0.268. The average molecular weight is 191 g/mol. The topological polar surface area (TPSA) is 37.3 Å². The Balaban J connectivity index is 4.11. The van der Waals surface area contributed by atoms with Crippen LogP contribution in [-0.4, -0.2) is 22.2 Å². The molecule has 0 saturated carbocycles. The van der Waals surface area contributed by atoms with Gasteiger partial charge in [-0.05, 0) is 6.92 Å². The SMILES string of the molecule is CC(O)P(=O)(CCl)CCl. The summed E-state index contributed by atoms with van der Waals surface area (Å²) in [6.07, 6.45) is 0. The molecule has 5 heteroatoms. The number of rotatable bonds is 3. The summed E-state index contributed by atoms with van der Waals surface area (Å²) in [6.45, 7) is 1.44. The van der Waals surface area contributed by atoms with Crippen molar-refractivity contribution >= 4 is 30.3 Å². The predicted octanol–water partition coefficient (Wildman–Crippen LogP) is 2.08. The van der Waals surface area contributed by atoms with Crippen molar-refractivity contribution in [2.24, 2.45) is 0 Å². The van der Waals surface area contributed by atoms with Crippen LogP contribution in [0.2, 0.25) is 0 Å². The molecule has 0 aromatic rings. The minimum Gasteiger partial charge on any atom is -0.386 e. The Morgan fingerprint density at radius 3 is 1.89 bits per heavy atom. The molecule has 56 valence electrons. The van der Waals surface area contributed by atoms with Crippen LogP contribution in [0.3, 0.4) is 0 Å². The molecule has 0 saturated heterocycles. The monoisotopic (exact) mass is 190 g/mol. The van der Waals surface area contributed by atoms with Crippen LogP contribution in [0.5, 0.6) is 0 Å². The maximum absolute atomic E-state index is 11.1. The third-order valence-electron chi connectivity index (χ3n) is 1.09. The van der Waals surface area contributed by atoms with Gasteiger partial charge >= 0.3 is 0 Å². The highest BCUT2D eigenvalue weighted by atomic mass is 35.5. The van der Waals surface area contributed by atoms with E-state index in [4.69, 9.17) is 28.3 Å². The van der Waals surface area contributed by atoms with Crippen molar-refractivity contribution in [2.45, 2.75) is 12.8 Å². The maximum atomic E-state index is 11.1. The van der Waals surface area contributed by atoms with Gasteiger partial charge in [0.1, 0.15) is 13.0 Å². The van der Waals surface area contributed by atoms with E-state index in [2.05, 4.69) is 0 Å². The fourth-order valence-corrected chi connectivity index (χ4v) is 2.66. The van der Waals surface area contributed by atoms with Gasteiger partial charge in [-0.15, -0.1) is 23.2 Å². The van der Waals surface area contributed by atoms with Gasteiger partial charge in [0.2, 0.25) is 0 Å². The molecule has 0 bridgehead atoms. The maximum Gasteiger partial charge on any atom is 0.142 e. The second-order valence-corrected chi connectivity index (χ2v) is 6.39. The van der Waals surface area contributed by atoms with E-state index in [1.165, 1.54) is 6.92 Å². The van der Waals surface area contributed by atoms with Crippen molar-refractivity contribution in [3.05, 3.63) is 0 Å². The Labute approximate surface area is 64.5 Å². The molecule has 9 heavy (non-hydrogen) atoms. The molecule has 1 atom stereocenters. The van der Waals surface area contributed by atoms with Crippen molar-refractivity contribution in [3.8, 4) is 0 Å². The molecular formula is C4H9Cl2O2P. The molecule has 1 N–H and O–H groups in total. The van der Waals surface area contributed by atoms with Crippen LogP contribution in [0, 0.1) is 0 Å². The number of halogens is 2. The van der Waals surface area contributed by atoms with Crippen LogP contribution >= 0.6 is 30.3 Å². The van der Waals surface area contributed by atoms with Crippen LogP contribution in [0.4, 0.5) is 0 Å². The van der Waals surface area contributed by atoms with Crippen LogP contribution < -0.4 is 0 Å². The zero-order valence-electron chi connectivity index (χ0n) is 5.05. The molecule has 0 amide bonds. The number of aliphatic hydroxyl groups is 1. The summed E-state index contributed by atoms with van der Waals surface area (Å²) in [5.41, 5.74) is -0.0949. The largest absolute Gasteiger partial charge is 0.386 e. The van der Waals surface area contributed by atoms with Gasteiger partial charge in [-0.25, -0.2) is 0 Å². The Bertz CT molecular complexity index is 118. The zero-order valence-corrected chi connectivity index (χ0v) is 7.46. The summed E-state index contributed by atoms with van der Waals surface area (Å²) in [4.78, 5) is 0. The van der Waals surface area contributed by atoms with E-state index >= 15 is 0 Å². The van der Waals surface area contributed by atoms with E-state index in [9.17, 15) is 4.57 Å². The lowest BCUT2D eigenvalue weighted by atomic mass is 10.9. The highest BCUT2D eigenvalue weighted by Gasteiger charge is 2.25. The summed E-state index contributed by atoms with van der Waals surface area (Å²) < 4.78 is 11.1. The van der Waals surface area contributed by atoms with Crippen molar-refractivity contribution in [3.63, 3.8) is 0 Å². The Hall–Kier alpha value is 0.770. The summed E-state index contributed by atoms with van der Waals surface area (Å²) >= 11 is 10.6. The average Bonchev–Trinajstić information content (AvgIpc) is 1.86. The standard InChI is InChI=1S/C4H9Cl2O2P/c1-4(7)9(8,2-5)3-6/h4,7H,2-3H2,1H3. The van der Waals surface area contributed by atoms with Gasteiger partial charge in [0.25, 0.3) is 0 Å². The van der Waals surface area contributed by atoms with Crippen LogP contribution in [0.25, 0.3) is 0 Å². The molecule has 0 aliphatic rings. The van der Waals surface area contributed by atoms with Gasteiger partial charge in [0, 0.05) is 0 Å². The zero-order chi connectivity index (χ0) is 7.49. The molecule has 1 unspecified atom stereocenters. The van der Waals surface area contributed by atoms with Gasteiger partial charge in [-0.1, -0.05) is 0 Å². The first-order valence-corrected chi connectivity index (χ1v) is 5.66. The fraction of sp³-hybridized carbons (Fsp3) is 1.00. The van der Waals surface area contributed by atoms with Crippen molar-refractivity contribution in [2.75, 3.05) is 11.2 Å². The van der Waals surface area contributed by atoms with Gasteiger partial charge in [0.05, 0.1) is 11.2 Å². The second kappa shape index (κ2) is 3.82. The summed E-state index contributed by atoms with van der Waals surface area (Å²) in [6, 6.07) is 0. The molecule has 0 radical (unpaired) electrons. The number of aliphatic hydroxyl groups excluding tert-OH is 1. The first kappa shape index (κ1) is 9.77. The van der Waals surface area contributed by atoms with Crippen molar-refractivity contribution in [1.82, 2.24) is 0 Å². The van der Waals surface area contributed by atoms with Crippen molar-refractivity contribution < 1.29 is 9.67 Å². The molecular weight excluding hydrogens is 182 g/mol. The molecule has 0 fully saturated rings. The number of alkyl halides is 2. The van der Waals surface area contributed by atoms with E-state index in [-0.39, 0.29) is 11.2 Å². The first-order valence-electron chi connectivity index (χ1n) is 2.44. The Morgan fingerprint density at radius 1 is 1.56 bits per heavy atom. The summed E-state index contributed by atoms with van der Waals surface area (Å²) in [5.74, 6) is -0.882. The minimum absolute atomic E-state index is 0.0475. The lowest BCUT2D eigenvalue weighted by Gasteiger charge is -2.13. The molecule has 0 heterocycles. The third-order valence-corrected chi connectivity index (χ3v) is 5.68. The summed E-state index contributed by atoms with van der Waals surface area (Å²) in [7, 11) is -2.67. The van der Waals surface area contributed by atoms with Gasteiger partial charge in [-0.2, -0.15) is 0 Å². The molecule has 2 nitrogen and oxygen atoms in total. The van der Waals surface area contributed by atoms with E-state index in [1.807, 2.05) is 0 Å². The number of hydrogen-bond donors (Lipinski definition) is 1. The molecule has 0 aliphatic heterocycles. The van der Waals surface area contributed by atoms with Gasteiger partial charge in [-0.3, -0.25) is 0 Å². The summed E-state index contributed by atoms with van der Waals surface area (Å²) in [5, 5.41) is 8.84. The predicted molar refractivity (Wildman–Crippen MR) is 40.7 cm³/mol. The highest BCUT2D eigenvalue weighted by Crippen LogP contribution is 2.50. The van der Waals surface area contributed by atoms with E-state index in [0.717, 1.165) is 0 Å². The molecule has 0 aromatic heterocycles. The third kappa shape index (κ3) is 2.46. The first-order chi connectivity index (χ1) is 4.06. The molecule has 0 aromatic carbocycles. The van der Waals surface area contributed by atoms with Crippen LogP contribution in [-0.2, 0) is 4.57 Å². The number of hydrogen-bond acceptors (Lipinski definition) is 2. The minimum atomic E-state index is -2.67. The van der Waals surface area contributed by atoms with E-state index < -0.39 is 13.0 Å². The smallest absolute Gasteiger partial charge is 0.142 e.